The molecule has 4 heteroatoms. The van der Waals surface area contributed by atoms with Gasteiger partial charge in [-0.1, -0.05) is 30.3 Å². The number of benzene rings is 2. The summed E-state index contributed by atoms with van der Waals surface area (Å²) in [5.74, 6) is 0.893. The minimum Gasteiger partial charge on any atom is -0.348 e. The molecule has 0 bridgehead atoms. The van der Waals surface area contributed by atoms with Crippen molar-refractivity contribution in [3.63, 3.8) is 0 Å². The molecule has 1 amide bonds. The van der Waals surface area contributed by atoms with Crippen molar-refractivity contribution in [1.82, 2.24) is 14.9 Å². The number of hydrogen-bond donors (Lipinski definition) is 1. The minimum absolute atomic E-state index is 0.0764. The van der Waals surface area contributed by atoms with Crippen molar-refractivity contribution in [3.05, 3.63) is 65.5 Å². The van der Waals surface area contributed by atoms with E-state index >= 15 is 0 Å². The van der Waals surface area contributed by atoms with E-state index in [2.05, 4.69) is 28.7 Å². The van der Waals surface area contributed by atoms with E-state index in [1.165, 1.54) is 0 Å². The summed E-state index contributed by atoms with van der Waals surface area (Å²) < 4.78 is 2.18. The fraction of sp³-hybridized carbons (Fsp3) is 0.263. The van der Waals surface area contributed by atoms with Crippen LogP contribution in [0.3, 0.4) is 0 Å². The molecular weight excluding hydrogens is 286 g/mol. The fourth-order valence-electron chi connectivity index (χ4n) is 2.89. The Kier molecular flexibility index (Phi) is 4.15. The number of fused-ring (bicyclic) bond motifs is 1. The highest BCUT2D eigenvalue weighted by molar-refractivity contribution is 5.97. The highest BCUT2D eigenvalue weighted by atomic mass is 16.1. The average molecular weight is 307 g/mol. The normalized spacial score (nSPS) is 11.1. The molecule has 0 aliphatic carbocycles. The largest absolute Gasteiger partial charge is 0.348 e. The van der Waals surface area contributed by atoms with Gasteiger partial charge >= 0.3 is 0 Å². The molecule has 0 spiro atoms. The highest BCUT2D eigenvalue weighted by Gasteiger charge is 2.13. The van der Waals surface area contributed by atoms with E-state index in [1.54, 1.807) is 0 Å². The molecule has 0 aliphatic heterocycles. The average Bonchev–Trinajstić information content (AvgIpc) is 2.88. The number of carbonyl (C=O) groups is 1. The van der Waals surface area contributed by atoms with E-state index in [0.717, 1.165) is 22.4 Å². The van der Waals surface area contributed by atoms with Crippen molar-refractivity contribution < 1.29 is 4.79 Å². The highest BCUT2D eigenvalue weighted by Crippen LogP contribution is 2.21. The maximum absolute atomic E-state index is 12.3. The number of nitrogens with zero attached hydrogens (tertiary/aromatic N) is 2. The molecule has 3 rings (SSSR count). The molecule has 0 fully saturated rings. The van der Waals surface area contributed by atoms with Gasteiger partial charge in [0.05, 0.1) is 11.0 Å². The van der Waals surface area contributed by atoms with Crippen LogP contribution in [0.5, 0.6) is 0 Å². The molecule has 1 heterocycles. The van der Waals surface area contributed by atoms with Gasteiger partial charge in [0, 0.05) is 18.2 Å². The SMILES string of the molecule is Cc1nc2cc(C(=O)NCc3ccccc3)ccc2n1C(C)C. The van der Waals surface area contributed by atoms with Crippen LogP contribution in [-0.2, 0) is 6.54 Å². The number of hydrogen-bond acceptors (Lipinski definition) is 2. The van der Waals surface area contributed by atoms with E-state index in [-0.39, 0.29) is 5.91 Å². The molecule has 0 aliphatic rings. The van der Waals surface area contributed by atoms with Crippen molar-refractivity contribution in [1.29, 1.82) is 0 Å². The molecule has 3 aromatic rings. The van der Waals surface area contributed by atoms with Gasteiger partial charge < -0.3 is 9.88 Å². The monoisotopic (exact) mass is 307 g/mol. The first-order valence-corrected chi connectivity index (χ1v) is 7.87. The molecule has 23 heavy (non-hydrogen) atoms. The zero-order valence-electron chi connectivity index (χ0n) is 13.7. The van der Waals surface area contributed by atoms with Gasteiger partial charge in [0.25, 0.3) is 5.91 Å². The Hall–Kier alpha value is -2.62. The van der Waals surface area contributed by atoms with E-state index in [1.807, 2.05) is 55.5 Å². The molecule has 0 saturated heterocycles. The summed E-state index contributed by atoms with van der Waals surface area (Å²) in [5.41, 5.74) is 3.66. The number of amides is 1. The standard InChI is InChI=1S/C19H21N3O/c1-13(2)22-14(3)21-17-11-16(9-10-18(17)22)19(23)20-12-15-7-5-4-6-8-15/h4-11,13H,12H2,1-3H3,(H,20,23). The lowest BCUT2D eigenvalue weighted by atomic mass is 10.1. The van der Waals surface area contributed by atoms with Crippen LogP contribution >= 0.6 is 0 Å². The lowest BCUT2D eigenvalue weighted by Gasteiger charge is -2.10. The van der Waals surface area contributed by atoms with E-state index in [0.29, 0.717) is 18.2 Å². The van der Waals surface area contributed by atoms with Crippen molar-refractivity contribution in [2.24, 2.45) is 0 Å². The first kappa shape index (κ1) is 15.3. The Bertz CT molecular complexity index is 834. The quantitative estimate of drug-likeness (QED) is 0.795. The summed E-state index contributed by atoms with van der Waals surface area (Å²) in [6, 6.07) is 15.9. The molecule has 4 nitrogen and oxygen atoms in total. The minimum atomic E-state index is -0.0764. The third-order valence-electron chi connectivity index (χ3n) is 3.94. The zero-order valence-corrected chi connectivity index (χ0v) is 13.7. The third kappa shape index (κ3) is 3.11. The van der Waals surface area contributed by atoms with Crippen molar-refractivity contribution in [3.8, 4) is 0 Å². The predicted molar refractivity (Wildman–Crippen MR) is 92.5 cm³/mol. The van der Waals surface area contributed by atoms with Crippen LogP contribution < -0.4 is 5.32 Å². The van der Waals surface area contributed by atoms with Crippen LogP contribution in [0.4, 0.5) is 0 Å². The topological polar surface area (TPSA) is 46.9 Å². The molecule has 0 radical (unpaired) electrons. The van der Waals surface area contributed by atoms with E-state index in [4.69, 9.17) is 0 Å². The first-order valence-electron chi connectivity index (χ1n) is 7.87. The Morgan fingerprint density at radius 1 is 1.17 bits per heavy atom. The summed E-state index contributed by atoms with van der Waals surface area (Å²) >= 11 is 0. The third-order valence-corrected chi connectivity index (χ3v) is 3.94. The molecule has 0 atom stereocenters. The number of rotatable bonds is 4. The molecule has 1 aromatic heterocycles. The fourth-order valence-corrected chi connectivity index (χ4v) is 2.89. The number of carbonyl (C=O) groups excluding carboxylic acids is 1. The van der Waals surface area contributed by atoms with Crippen LogP contribution in [0.2, 0.25) is 0 Å². The lowest BCUT2D eigenvalue weighted by Crippen LogP contribution is -2.22. The lowest BCUT2D eigenvalue weighted by molar-refractivity contribution is 0.0951. The summed E-state index contributed by atoms with van der Waals surface area (Å²) in [6.45, 7) is 6.79. The number of aromatic nitrogens is 2. The van der Waals surface area contributed by atoms with Gasteiger partial charge in [-0.2, -0.15) is 0 Å². The number of aryl methyl sites for hydroxylation is 1. The Balaban J connectivity index is 1.81. The smallest absolute Gasteiger partial charge is 0.251 e. The first-order chi connectivity index (χ1) is 11.1. The van der Waals surface area contributed by atoms with Crippen LogP contribution in [0, 0.1) is 6.92 Å². The van der Waals surface area contributed by atoms with Crippen molar-refractivity contribution >= 4 is 16.9 Å². The van der Waals surface area contributed by atoms with Gasteiger partial charge in [-0.3, -0.25) is 4.79 Å². The van der Waals surface area contributed by atoms with Gasteiger partial charge in [-0.25, -0.2) is 4.98 Å². The molecule has 118 valence electrons. The van der Waals surface area contributed by atoms with Crippen molar-refractivity contribution in [2.75, 3.05) is 0 Å². The summed E-state index contributed by atoms with van der Waals surface area (Å²) in [4.78, 5) is 16.9. The molecule has 1 N–H and O–H groups in total. The van der Waals surface area contributed by atoms with E-state index in [9.17, 15) is 4.79 Å². The second kappa shape index (κ2) is 6.24. The zero-order chi connectivity index (χ0) is 16.4. The van der Waals surface area contributed by atoms with Gasteiger partial charge in [0.15, 0.2) is 0 Å². The second-order valence-electron chi connectivity index (χ2n) is 5.99. The summed E-state index contributed by atoms with van der Waals surface area (Å²) in [6.07, 6.45) is 0. The Morgan fingerprint density at radius 3 is 2.61 bits per heavy atom. The molecular formula is C19H21N3O. The van der Waals surface area contributed by atoms with Crippen molar-refractivity contribution in [2.45, 2.75) is 33.4 Å². The van der Waals surface area contributed by atoms with Crippen LogP contribution in [0.1, 0.15) is 41.6 Å². The predicted octanol–water partition coefficient (Wildman–Crippen LogP) is 3.86. The Morgan fingerprint density at radius 2 is 1.91 bits per heavy atom. The summed E-state index contributed by atoms with van der Waals surface area (Å²) in [7, 11) is 0. The maximum atomic E-state index is 12.3. The number of nitrogens with one attached hydrogen (secondary N) is 1. The maximum Gasteiger partial charge on any atom is 0.251 e. The Labute approximate surface area is 136 Å². The van der Waals surface area contributed by atoms with Crippen LogP contribution in [0.25, 0.3) is 11.0 Å². The molecule has 0 saturated carbocycles. The van der Waals surface area contributed by atoms with Gasteiger partial charge in [0.2, 0.25) is 0 Å². The van der Waals surface area contributed by atoms with Gasteiger partial charge in [-0.05, 0) is 44.5 Å². The van der Waals surface area contributed by atoms with Crippen LogP contribution in [-0.4, -0.2) is 15.5 Å². The second-order valence-corrected chi connectivity index (χ2v) is 5.99. The number of imidazole rings is 1. The van der Waals surface area contributed by atoms with E-state index < -0.39 is 0 Å². The van der Waals surface area contributed by atoms with Gasteiger partial charge in [0.1, 0.15) is 5.82 Å². The summed E-state index contributed by atoms with van der Waals surface area (Å²) in [5, 5.41) is 2.95. The van der Waals surface area contributed by atoms with Crippen LogP contribution in [0.15, 0.2) is 48.5 Å². The molecule has 0 unspecified atom stereocenters. The van der Waals surface area contributed by atoms with Gasteiger partial charge in [-0.15, -0.1) is 0 Å². The molecule has 2 aromatic carbocycles.